The maximum Gasteiger partial charge on any atom is 0.134 e. The van der Waals surface area contributed by atoms with Gasteiger partial charge in [0, 0.05) is 43.2 Å². The first-order valence-electron chi connectivity index (χ1n) is 6.31. The topological polar surface area (TPSA) is 67.1 Å². The van der Waals surface area contributed by atoms with Gasteiger partial charge in [-0.25, -0.2) is 9.97 Å². The molecule has 6 heteroatoms. The van der Waals surface area contributed by atoms with Crippen LogP contribution in [-0.2, 0) is 0 Å². The van der Waals surface area contributed by atoms with E-state index in [9.17, 15) is 0 Å². The zero-order chi connectivity index (χ0) is 13.0. The molecule has 0 spiro atoms. The second-order valence-electron chi connectivity index (χ2n) is 4.51. The van der Waals surface area contributed by atoms with E-state index in [1.807, 2.05) is 25.6 Å². The smallest absolute Gasteiger partial charge is 0.134 e. The molecule has 0 aliphatic carbocycles. The predicted molar refractivity (Wildman–Crippen MR) is 78.2 cm³/mol. The van der Waals surface area contributed by atoms with E-state index in [0.717, 1.165) is 30.3 Å². The molecule has 0 radical (unpaired) electrons. The van der Waals surface area contributed by atoms with Crippen molar-refractivity contribution in [2.24, 2.45) is 0 Å². The number of anilines is 2. The van der Waals surface area contributed by atoms with Crippen LogP contribution in [0.5, 0.6) is 0 Å². The Balaban J connectivity index is 1.86. The Morgan fingerprint density at radius 3 is 2.72 bits per heavy atom. The molecule has 0 atom stereocenters. The van der Waals surface area contributed by atoms with E-state index < -0.39 is 0 Å². The normalized spacial score (nSPS) is 16.8. The molecule has 1 aliphatic rings. The van der Waals surface area contributed by atoms with Crippen LogP contribution in [-0.4, -0.2) is 52.6 Å². The molecule has 2 rings (SSSR count). The Morgan fingerprint density at radius 1 is 1.28 bits per heavy atom. The fourth-order valence-electron chi connectivity index (χ4n) is 1.98. The van der Waals surface area contributed by atoms with Crippen molar-refractivity contribution >= 4 is 23.4 Å². The van der Waals surface area contributed by atoms with Gasteiger partial charge >= 0.3 is 0 Å². The highest BCUT2D eigenvalue weighted by atomic mass is 32.2. The minimum absolute atomic E-state index is 0.569. The minimum atomic E-state index is 0.569. The van der Waals surface area contributed by atoms with Gasteiger partial charge in [-0.2, -0.15) is 11.8 Å². The van der Waals surface area contributed by atoms with Gasteiger partial charge in [0.1, 0.15) is 17.5 Å². The van der Waals surface area contributed by atoms with E-state index >= 15 is 0 Å². The summed E-state index contributed by atoms with van der Waals surface area (Å²) in [6, 6.07) is 0. The molecule has 2 heterocycles. The highest BCUT2D eigenvalue weighted by molar-refractivity contribution is 7.99. The Morgan fingerprint density at radius 2 is 2.00 bits per heavy atom. The second-order valence-corrected chi connectivity index (χ2v) is 5.74. The summed E-state index contributed by atoms with van der Waals surface area (Å²) in [5.41, 5.74) is 6.77. The van der Waals surface area contributed by atoms with E-state index in [-0.39, 0.29) is 0 Å². The number of nitrogen functional groups attached to an aromatic ring is 1. The summed E-state index contributed by atoms with van der Waals surface area (Å²) in [7, 11) is 0. The summed E-state index contributed by atoms with van der Waals surface area (Å²) in [6.45, 7) is 8.16. The first kappa shape index (κ1) is 13.4. The summed E-state index contributed by atoms with van der Waals surface area (Å²) in [5.74, 6) is 4.65. The van der Waals surface area contributed by atoms with Crippen LogP contribution in [0.4, 0.5) is 11.6 Å². The molecule has 1 fully saturated rings. The van der Waals surface area contributed by atoms with Gasteiger partial charge < -0.3 is 11.1 Å². The van der Waals surface area contributed by atoms with Crippen LogP contribution < -0.4 is 11.1 Å². The zero-order valence-electron chi connectivity index (χ0n) is 11.1. The quantitative estimate of drug-likeness (QED) is 0.852. The third-order valence-electron chi connectivity index (χ3n) is 3.12. The lowest BCUT2D eigenvalue weighted by atomic mass is 10.3. The van der Waals surface area contributed by atoms with Crippen LogP contribution in [0.2, 0.25) is 0 Å². The molecule has 0 aromatic carbocycles. The van der Waals surface area contributed by atoms with Gasteiger partial charge in [-0.3, -0.25) is 4.90 Å². The Hall–Kier alpha value is -1.01. The van der Waals surface area contributed by atoms with Crippen LogP contribution in [0.25, 0.3) is 0 Å². The molecular weight excluding hydrogens is 246 g/mol. The van der Waals surface area contributed by atoms with Crippen molar-refractivity contribution in [3.63, 3.8) is 0 Å². The summed E-state index contributed by atoms with van der Waals surface area (Å²) in [6.07, 6.45) is 0. The van der Waals surface area contributed by atoms with Crippen molar-refractivity contribution in [1.29, 1.82) is 0 Å². The molecule has 0 saturated carbocycles. The largest absolute Gasteiger partial charge is 0.383 e. The lowest BCUT2D eigenvalue weighted by molar-refractivity contribution is 0.314. The average molecular weight is 267 g/mol. The Labute approximate surface area is 113 Å². The van der Waals surface area contributed by atoms with Crippen molar-refractivity contribution in [2.75, 3.05) is 48.7 Å². The van der Waals surface area contributed by atoms with E-state index in [0.29, 0.717) is 5.82 Å². The SMILES string of the molecule is Cc1nc(N)c(C)c(NCCN2CCSCC2)n1. The van der Waals surface area contributed by atoms with Crippen LogP contribution in [0, 0.1) is 13.8 Å². The summed E-state index contributed by atoms with van der Waals surface area (Å²) in [5, 5.41) is 3.36. The zero-order valence-corrected chi connectivity index (χ0v) is 11.9. The van der Waals surface area contributed by atoms with Gasteiger partial charge in [0.2, 0.25) is 0 Å². The highest BCUT2D eigenvalue weighted by Gasteiger charge is 2.10. The Bertz CT molecular complexity index is 404. The maximum atomic E-state index is 5.83. The molecule has 1 aromatic rings. The van der Waals surface area contributed by atoms with Crippen molar-refractivity contribution < 1.29 is 0 Å². The summed E-state index contributed by atoms with van der Waals surface area (Å²) >= 11 is 2.04. The number of aryl methyl sites for hydroxylation is 1. The fraction of sp³-hybridized carbons (Fsp3) is 0.667. The van der Waals surface area contributed by atoms with Gasteiger partial charge in [-0.1, -0.05) is 0 Å². The minimum Gasteiger partial charge on any atom is -0.383 e. The number of nitrogens with zero attached hydrogens (tertiary/aromatic N) is 3. The van der Waals surface area contributed by atoms with Crippen molar-refractivity contribution in [3.8, 4) is 0 Å². The fourth-order valence-corrected chi connectivity index (χ4v) is 2.96. The lowest BCUT2D eigenvalue weighted by Gasteiger charge is -2.26. The number of rotatable bonds is 4. The van der Waals surface area contributed by atoms with E-state index in [4.69, 9.17) is 5.73 Å². The monoisotopic (exact) mass is 267 g/mol. The number of thioether (sulfide) groups is 1. The van der Waals surface area contributed by atoms with Gasteiger partial charge in [0.15, 0.2) is 0 Å². The molecule has 18 heavy (non-hydrogen) atoms. The molecule has 0 amide bonds. The molecule has 1 saturated heterocycles. The number of nitrogens with one attached hydrogen (secondary N) is 1. The van der Waals surface area contributed by atoms with Crippen molar-refractivity contribution in [2.45, 2.75) is 13.8 Å². The van der Waals surface area contributed by atoms with Gasteiger partial charge in [-0.05, 0) is 13.8 Å². The first-order valence-corrected chi connectivity index (χ1v) is 7.47. The predicted octanol–water partition coefficient (Wildman–Crippen LogP) is 1.14. The van der Waals surface area contributed by atoms with E-state index in [1.165, 1.54) is 24.6 Å². The molecule has 3 N–H and O–H groups in total. The standard InChI is InChI=1S/C12H21N5S/c1-9-11(13)15-10(2)16-12(9)14-3-4-17-5-7-18-8-6-17/h3-8H2,1-2H3,(H3,13,14,15,16). The van der Waals surface area contributed by atoms with Crippen LogP contribution >= 0.6 is 11.8 Å². The van der Waals surface area contributed by atoms with Crippen molar-refractivity contribution in [3.05, 3.63) is 11.4 Å². The van der Waals surface area contributed by atoms with Crippen LogP contribution in [0.15, 0.2) is 0 Å². The molecule has 0 unspecified atom stereocenters. The number of nitrogens with two attached hydrogens (primary N) is 1. The third-order valence-corrected chi connectivity index (χ3v) is 4.06. The molecule has 5 nitrogen and oxygen atoms in total. The summed E-state index contributed by atoms with van der Waals surface area (Å²) in [4.78, 5) is 11.0. The third kappa shape index (κ3) is 3.49. The highest BCUT2D eigenvalue weighted by Crippen LogP contribution is 2.16. The molecule has 0 bridgehead atoms. The van der Waals surface area contributed by atoms with Crippen molar-refractivity contribution in [1.82, 2.24) is 14.9 Å². The van der Waals surface area contributed by atoms with Crippen LogP contribution in [0.1, 0.15) is 11.4 Å². The Kier molecular flexibility index (Phi) is 4.66. The van der Waals surface area contributed by atoms with Crippen LogP contribution in [0.3, 0.4) is 0 Å². The van der Waals surface area contributed by atoms with Gasteiger partial charge in [-0.15, -0.1) is 0 Å². The molecular formula is C12H21N5S. The maximum absolute atomic E-state index is 5.83. The molecule has 1 aromatic heterocycles. The molecule has 100 valence electrons. The number of hydrogen-bond acceptors (Lipinski definition) is 6. The lowest BCUT2D eigenvalue weighted by Crippen LogP contribution is -2.36. The average Bonchev–Trinajstić information content (AvgIpc) is 2.36. The van der Waals surface area contributed by atoms with Gasteiger partial charge in [0.25, 0.3) is 0 Å². The van der Waals surface area contributed by atoms with Gasteiger partial charge in [0.05, 0.1) is 0 Å². The van der Waals surface area contributed by atoms with E-state index in [1.54, 1.807) is 0 Å². The molecule has 1 aliphatic heterocycles. The summed E-state index contributed by atoms with van der Waals surface area (Å²) < 4.78 is 0. The number of aromatic nitrogens is 2. The number of hydrogen-bond donors (Lipinski definition) is 2. The second kappa shape index (κ2) is 6.24. The first-order chi connectivity index (χ1) is 8.66. The van der Waals surface area contributed by atoms with E-state index in [2.05, 4.69) is 20.2 Å².